The molecule has 0 atom stereocenters. The first-order valence-electron chi connectivity index (χ1n) is 5.16. The van der Waals surface area contributed by atoms with E-state index in [9.17, 15) is 4.79 Å². The van der Waals surface area contributed by atoms with Gasteiger partial charge in [-0.2, -0.15) is 11.3 Å². The molecule has 0 aromatic carbocycles. The van der Waals surface area contributed by atoms with Crippen molar-refractivity contribution in [3.8, 4) is 0 Å². The molecule has 2 aromatic heterocycles. The number of aromatic carboxylic acids is 1. The van der Waals surface area contributed by atoms with E-state index in [1.54, 1.807) is 11.3 Å². The molecule has 0 saturated carbocycles. The summed E-state index contributed by atoms with van der Waals surface area (Å²) >= 11 is 2.96. The fourth-order valence-electron chi connectivity index (χ4n) is 1.69. The van der Waals surface area contributed by atoms with Crippen LogP contribution >= 0.6 is 22.7 Å². The van der Waals surface area contributed by atoms with Gasteiger partial charge in [0.1, 0.15) is 4.88 Å². The maximum Gasteiger partial charge on any atom is 0.346 e. The van der Waals surface area contributed by atoms with Crippen LogP contribution in [0.5, 0.6) is 0 Å². The molecule has 0 aliphatic heterocycles. The number of carbonyl (C=O) groups is 1. The Morgan fingerprint density at radius 2 is 2.18 bits per heavy atom. The number of nitrogens with zero attached hydrogens (tertiary/aromatic N) is 1. The topological polar surface area (TPSA) is 40.5 Å². The largest absolute Gasteiger partial charge is 0.477 e. The molecule has 0 bridgehead atoms. The highest BCUT2D eigenvalue weighted by Crippen LogP contribution is 2.19. The molecule has 5 heteroatoms. The van der Waals surface area contributed by atoms with Gasteiger partial charge in [0.25, 0.3) is 0 Å². The van der Waals surface area contributed by atoms with Crippen molar-refractivity contribution in [2.45, 2.75) is 13.1 Å². The van der Waals surface area contributed by atoms with Gasteiger partial charge in [0.2, 0.25) is 0 Å². The monoisotopic (exact) mass is 267 g/mol. The fraction of sp³-hybridized carbons (Fsp3) is 0.250. The van der Waals surface area contributed by atoms with Crippen LogP contribution in [0.1, 0.15) is 20.8 Å². The van der Waals surface area contributed by atoms with Gasteiger partial charge in [0.15, 0.2) is 0 Å². The third-order valence-electron chi connectivity index (χ3n) is 2.41. The minimum absolute atomic E-state index is 0.446. The SMILES string of the molecule is CN(Cc1ccsc1)Cc1ccsc1C(=O)O. The number of thiophene rings is 2. The van der Waals surface area contributed by atoms with Crippen molar-refractivity contribution in [3.05, 3.63) is 44.3 Å². The number of carboxylic acid groups (broad SMARTS) is 1. The van der Waals surface area contributed by atoms with Crippen molar-refractivity contribution in [2.75, 3.05) is 7.05 Å². The van der Waals surface area contributed by atoms with E-state index in [1.807, 2.05) is 18.5 Å². The Balaban J connectivity index is 2.00. The molecule has 0 saturated heterocycles. The molecule has 2 rings (SSSR count). The van der Waals surface area contributed by atoms with Gasteiger partial charge in [-0.15, -0.1) is 11.3 Å². The van der Waals surface area contributed by atoms with Gasteiger partial charge < -0.3 is 5.11 Å². The van der Waals surface area contributed by atoms with E-state index in [1.165, 1.54) is 16.9 Å². The number of hydrogen-bond acceptors (Lipinski definition) is 4. The van der Waals surface area contributed by atoms with Crippen LogP contribution in [0.4, 0.5) is 0 Å². The summed E-state index contributed by atoms with van der Waals surface area (Å²) < 4.78 is 0. The minimum Gasteiger partial charge on any atom is -0.477 e. The standard InChI is InChI=1S/C12H13NO2S2/c1-13(6-9-2-4-16-8-9)7-10-3-5-17-11(10)12(14)15/h2-5,8H,6-7H2,1H3,(H,14,15). The molecule has 2 heterocycles. The van der Waals surface area contributed by atoms with E-state index in [4.69, 9.17) is 5.11 Å². The van der Waals surface area contributed by atoms with Crippen molar-refractivity contribution in [2.24, 2.45) is 0 Å². The lowest BCUT2D eigenvalue weighted by Crippen LogP contribution is -2.17. The third-order valence-corrected chi connectivity index (χ3v) is 4.09. The van der Waals surface area contributed by atoms with Gasteiger partial charge in [0, 0.05) is 13.1 Å². The van der Waals surface area contributed by atoms with E-state index >= 15 is 0 Å². The molecular formula is C12H13NO2S2. The van der Waals surface area contributed by atoms with Gasteiger partial charge in [-0.05, 0) is 46.4 Å². The summed E-state index contributed by atoms with van der Waals surface area (Å²) in [6.45, 7) is 1.51. The average molecular weight is 267 g/mol. The molecule has 0 aliphatic carbocycles. The molecule has 1 N–H and O–H groups in total. The summed E-state index contributed by atoms with van der Waals surface area (Å²) in [6, 6.07) is 3.98. The molecule has 0 unspecified atom stereocenters. The van der Waals surface area contributed by atoms with E-state index in [0.717, 1.165) is 12.1 Å². The number of rotatable bonds is 5. The van der Waals surface area contributed by atoms with Crippen molar-refractivity contribution >= 4 is 28.6 Å². The zero-order chi connectivity index (χ0) is 12.3. The maximum atomic E-state index is 11.0. The van der Waals surface area contributed by atoms with Gasteiger partial charge in [-0.1, -0.05) is 0 Å². The highest BCUT2D eigenvalue weighted by molar-refractivity contribution is 7.12. The van der Waals surface area contributed by atoms with E-state index in [-0.39, 0.29) is 0 Å². The number of hydrogen-bond donors (Lipinski definition) is 1. The van der Waals surface area contributed by atoms with Crippen LogP contribution in [0.3, 0.4) is 0 Å². The molecule has 17 heavy (non-hydrogen) atoms. The summed E-state index contributed by atoms with van der Waals surface area (Å²) in [6.07, 6.45) is 0. The van der Waals surface area contributed by atoms with Crippen LogP contribution in [0.2, 0.25) is 0 Å². The Bertz CT molecular complexity index is 490. The van der Waals surface area contributed by atoms with Gasteiger partial charge >= 0.3 is 5.97 Å². The molecule has 2 aromatic rings. The van der Waals surface area contributed by atoms with Crippen LogP contribution in [-0.4, -0.2) is 23.0 Å². The Hall–Kier alpha value is -1.17. The summed E-state index contributed by atoms with van der Waals surface area (Å²) in [5.41, 5.74) is 2.16. The zero-order valence-electron chi connectivity index (χ0n) is 9.42. The average Bonchev–Trinajstić information content (AvgIpc) is 2.88. The van der Waals surface area contributed by atoms with Gasteiger partial charge in [0.05, 0.1) is 0 Å². The summed E-state index contributed by atoms with van der Waals surface area (Å²) in [4.78, 5) is 13.5. The summed E-state index contributed by atoms with van der Waals surface area (Å²) in [5, 5.41) is 15.0. The molecule has 90 valence electrons. The molecule has 0 radical (unpaired) electrons. The Labute approximate surface area is 108 Å². The van der Waals surface area contributed by atoms with Gasteiger partial charge in [-0.25, -0.2) is 4.79 Å². The lowest BCUT2D eigenvalue weighted by molar-refractivity contribution is 0.0700. The van der Waals surface area contributed by atoms with Crippen molar-refractivity contribution < 1.29 is 9.90 Å². The van der Waals surface area contributed by atoms with Gasteiger partial charge in [-0.3, -0.25) is 4.90 Å². The highest BCUT2D eigenvalue weighted by atomic mass is 32.1. The zero-order valence-corrected chi connectivity index (χ0v) is 11.1. The van der Waals surface area contributed by atoms with E-state index in [2.05, 4.69) is 21.7 Å². The maximum absolute atomic E-state index is 11.0. The summed E-state index contributed by atoms with van der Waals surface area (Å²) in [7, 11) is 2.00. The Kier molecular flexibility index (Phi) is 3.93. The molecule has 0 aliphatic rings. The van der Waals surface area contributed by atoms with E-state index in [0.29, 0.717) is 11.4 Å². The first-order valence-corrected chi connectivity index (χ1v) is 6.98. The lowest BCUT2D eigenvalue weighted by Gasteiger charge is -2.15. The predicted molar refractivity (Wildman–Crippen MR) is 70.8 cm³/mol. The Morgan fingerprint density at radius 1 is 1.35 bits per heavy atom. The third kappa shape index (κ3) is 3.15. The van der Waals surface area contributed by atoms with Crippen LogP contribution < -0.4 is 0 Å². The quantitative estimate of drug-likeness (QED) is 0.904. The Morgan fingerprint density at radius 3 is 2.82 bits per heavy atom. The first kappa shape index (κ1) is 12.3. The first-order chi connectivity index (χ1) is 8.16. The highest BCUT2D eigenvalue weighted by Gasteiger charge is 2.13. The second kappa shape index (κ2) is 5.44. The lowest BCUT2D eigenvalue weighted by atomic mass is 10.2. The summed E-state index contributed by atoms with van der Waals surface area (Å²) in [5.74, 6) is -0.834. The smallest absolute Gasteiger partial charge is 0.346 e. The molecule has 0 amide bonds. The van der Waals surface area contributed by atoms with Crippen LogP contribution in [0.25, 0.3) is 0 Å². The molecule has 3 nitrogen and oxygen atoms in total. The van der Waals surface area contributed by atoms with E-state index < -0.39 is 5.97 Å². The number of carboxylic acids is 1. The van der Waals surface area contributed by atoms with Crippen LogP contribution in [0.15, 0.2) is 28.3 Å². The van der Waals surface area contributed by atoms with Crippen molar-refractivity contribution in [1.82, 2.24) is 4.90 Å². The normalized spacial score (nSPS) is 10.9. The predicted octanol–water partition coefficient (Wildman–Crippen LogP) is 3.14. The second-order valence-corrected chi connectivity index (χ2v) is 5.58. The fourth-order valence-corrected chi connectivity index (χ4v) is 3.10. The molecular weight excluding hydrogens is 254 g/mol. The van der Waals surface area contributed by atoms with Crippen LogP contribution in [-0.2, 0) is 13.1 Å². The van der Waals surface area contributed by atoms with Crippen molar-refractivity contribution in [1.29, 1.82) is 0 Å². The minimum atomic E-state index is -0.834. The van der Waals surface area contributed by atoms with Crippen molar-refractivity contribution in [3.63, 3.8) is 0 Å². The molecule has 0 fully saturated rings. The van der Waals surface area contributed by atoms with Crippen LogP contribution in [0, 0.1) is 0 Å². The second-order valence-electron chi connectivity index (χ2n) is 3.88. The molecule has 0 spiro atoms.